The molecule has 2 aromatic carbocycles. The van der Waals surface area contributed by atoms with Gasteiger partial charge in [-0.25, -0.2) is 4.68 Å². The van der Waals surface area contributed by atoms with Gasteiger partial charge in [0.25, 0.3) is 11.6 Å². The highest BCUT2D eigenvalue weighted by Crippen LogP contribution is 2.29. The lowest BCUT2D eigenvalue weighted by Gasteiger charge is -2.07. The molecule has 0 aliphatic heterocycles. The van der Waals surface area contributed by atoms with Crippen molar-refractivity contribution in [2.75, 3.05) is 12.4 Å². The number of nitrogens with one attached hydrogen (secondary N) is 2. The third-order valence-electron chi connectivity index (χ3n) is 3.64. The number of rotatable bonds is 5. The van der Waals surface area contributed by atoms with E-state index in [4.69, 9.17) is 11.6 Å². The number of para-hydroxylation sites is 1. The summed E-state index contributed by atoms with van der Waals surface area (Å²) in [6.45, 7) is 0. The smallest absolute Gasteiger partial charge is 0.293 e. The Morgan fingerprint density at radius 2 is 2.04 bits per heavy atom. The molecule has 1 aromatic heterocycles. The van der Waals surface area contributed by atoms with Gasteiger partial charge in [0.1, 0.15) is 5.69 Å². The molecule has 9 heteroatoms. The average Bonchev–Trinajstić information content (AvgIpc) is 3.09. The second kappa shape index (κ2) is 7.24. The molecule has 132 valence electrons. The molecule has 3 aromatic rings. The summed E-state index contributed by atoms with van der Waals surface area (Å²) in [5.41, 5.74) is 1.47. The Labute approximate surface area is 153 Å². The fourth-order valence-electron chi connectivity index (χ4n) is 2.39. The standard InChI is InChI=1S/C17H14ClN5O3/c1-19-17(24)11-6-7-14(16(8-11)23(25)26)21-12-9-20-22(10-12)15-5-3-2-4-13(15)18/h2-10,21H,1H3,(H,19,24). The summed E-state index contributed by atoms with van der Waals surface area (Å²) in [6, 6.07) is 11.4. The van der Waals surface area contributed by atoms with Gasteiger partial charge in [0, 0.05) is 18.7 Å². The molecule has 0 unspecified atom stereocenters. The molecule has 26 heavy (non-hydrogen) atoms. The van der Waals surface area contributed by atoms with Crippen LogP contribution in [0.3, 0.4) is 0 Å². The first kappa shape index (κ1) is 17.4. The lowest BCUT2D eigenvalue weighted by molar-refractivity contribution is -0.383. The molecule has 0 bridgehead atoms. The molecule has 0 aliphatic rings. The molecule has 0 fully saturated rings. The van der Waals surface area contributed by atoms with Gasteiger partial charge in [-0.15, -0.1) is 0 Å². The van der Waals surface area contributed by atoms with Crippen LogP contribution in [0.5, 0.6) is 0 Å². The zero-order valence-electron chi connectivity index (χ0n) is 13.6. The van der Waals surface area contributed by atoms with E-state index in [2.05, 4.69) is 15.7 Å². The van der Waals surface area contributed by atoms with Crippen LogP contribution in [0.1, 0.15) is 10.4 Å². The van der Waals surface area contributed by atoms with Crippen LogP contribution in [0.25, 0.3) is 5.69 Å². The predicted octanol–water partition coefficient (Wildman–Crippen LogP) is 3.54. The highest BCUT2D eigenvalue weighted by atomic mass is 35.5. The zero-order valence-corrected chi connectivity index (χ0v) is 14.4. The molecule has 0 spiro atoms. The van der Waals surface area contributed by atoms with Crippen molar-refractivity contribution in [1.82, 2.24) is 15.1 Å². The third kappa shape index (κ3) is 3.50. The summed E-state index contributed by atoms with van der Waals surface area (Å²) >= 11 is 6.15. The van der Waals surface area contributed by atoms with Crippen molar-refractivity contribution in [1.29, 1.82) is 0 Å². The van der Waals surface area contributed by atoms with Crippen LogP contribution in [-0.4, -0.2) is 27.7 Å². The molecule has 2 N–H and O–H groups in total. The second-order valence-electron chi connectivity index (χ2n) is 5.32. The molecule has 1 amide bonds. The maximum Gasteiger partial charge on any atom is 0.293 e. The van der Waals surface area contributed by atoms with Crippen LogP contribution in [0.4, 0.5) is 17.1 Å². The number of nitro benzene ring substituents is 1. The van der Waals surface area contributed by atoms with Gasteiger partial charge >= 0.3 is 0 Å². The molecule has 0 aliphatic carbocycles. The monoisotopic (exact) mass is 371 g/mol. The summed E-state index contributed by atoms with van der Waals surface area (Å²) in [5.74, 6) is -0.397. The van der Waals surface area contributed by atoms with Crippen molar-refractivity contribution >= 4 is 34.6 Å². The highest BCUT2D eigenvalue weighted by Gasteiger charge is 2.18. The summed E-state index contributed by atoms with van der Waals surface area (Å²) in [7, 11) is 1.46. The Bertz CT molecular complexity index is 986. The SMILES string of the molecule is CNC(=O)c1ccc(Nc2cnn(-c3ccccc3Cl)c2)c([N+](=O)[O-])c1. The summed E-state index contributed by atoms with van der Waals surface area (Å²) in [5, 5.41) is 21.5. The van der Waals surface area contributed by atoms with Crippen molar-refractivity contribution in [2.45, 2.75) is 0 Å². The van der Waals surface area contributed by atoms with E-state index in [-0.39, 0.29) is 16.9 Å². The van der Waals surface area contributed by atoms with Crippen molar-refractivity contribution < 1.29 is 9.72 Å². The van der Waals surface area contributed by atoms with Crippen molar-refractivity contribution in [2.24, 2.45) is 0 Å². The van der Waals surface area contributed by atoms with Gasteiger partial charge in [-0.3, -0.25) is 14.9 Å². The number of anilines is 2. The number of benzene rings is 2. The Hall–Kier alpha value is -3.39. The van der Waals surface area contributed by atoms with E-state index in [1.165, 1.54) is 31.4 Å². The van der Waals surface area contributed by atoms with Gasteiger partial charge in [-0.2, -0.15) is 5.10 Å². The zero-order chi connectivity index (χ0) is 18.7. The van der Waals surface area contributed by atoms with Gasteiger partial charge in [0.15, 0.2) is 0 Å². The van der Waals surface area contributed by atoms with E-state index in [1.54, 1.807) is 23.0 Å². The molecular formula is C17H14ClN5O3. The molecule has 0 radical (unpaired) electrons. The highest BCUT2D eigenvalue weighted by molar-refractivity contribution is 6.32. The van der Waals surface area contributed by atoms with E-state index in [0.29, 0.717) is 16.4 Å². The largest absolute Gasteiger partial charge is 0.355 e. The Morgan fingerprint density at radius 3 is 2.73 bits per heavy atom. The lowest BCUT2D eigenvalue weighted by atomic mass is 10.1. The van der Waals surface area contributed by atoms with Crippen LogP contribution >= 0.6 is 11.6 Å². The fraction of sp³-hybridized carbons (Fsp3) is 0.0588. The second-order valence-corrected chi connectivity index (χ2v) is 5.73. The van der Waals surface area contributed by atoms with E-state index in [1.807, 2.05) is 12.1 Å². The van der Waals surface area contributed by atoms with Crippen LogP contribution < -0.4 is 10.6 Å². The van der Waals surface area contributed by atoms with Gasteiger partial charge in [-0.05, 0) is 24.3 Å². The number of nitrogens with zero attached hydrogens (tertiary/aromatic N) is 3. The lowest BCUT2D eigenvalue weighted by Crippen LogP contribution is -2.17. The molecule has 0 atom stereocenters. The molecule has 1 heterocycles. The first-order valence-corrected chi connectivity index (χ1v) is 7.94. The van der Waals surface area contributed by atoms with Crippen LogP contribution in [-0.2, 0) is 0 Å². The van der Waals surface area contributed by atoms with Gasteiger partial charge in [-0.1, -0.05) is 23.7 Å². The minimum atomic E-state index is -0.548. The number of amides is 1. The van der Waals surface area contributed by atoms with Crippen LogP contribution in [0.15, 0.2) is 54.9 Å². The van der Waals surface area contributed by atoms with Crippen LogP contribution in [0, 0.1) is 10.1 Å². The third-order valence-corrected chi connectivity index (χ3v) is 3.96. The van der Waals surface area contributed by atoms with E-state index in [0.717, 1.165) is 0 Å². The number of hydrogen-bond donors (Lipinski definition) is 2. The fourth-order valence-corrected chi connectivity index (χ4v) is 2.61. The summed E-state index contributed by atoms with van der Waals surface area (Å²) in [4.78, 5) is 22.5. The number of hydrogen-bond acceptors (Lipinski definition) is 5. The Morgan fingerprint density at radius 1 is 1.27 bits per heavy atom. The topological polar surface area (TPSA) is 102 Å². The summed E-state index contributed by atoms with van der Waals surface area (Å²) < 4.78 is 1.56. The normalized spacial score (nSPS) is 10.4. The van der Waals surface area contributed by atoms with Crippen molar-refractivity contribution in [3.8, 4) is 5.69 Å². The van der Waals surface area contributed by atoms with Crippen molar-refractivity contribution in [3.63, 3.8) is 0 Å². The molecule has 0 saturated heterocycles. The van der Waals surface area contributed by atoms with E-state index >= 15 is 0 Å². The number of halogens is 1. The maximum absolute atomic E-state index is 11.7. The van der Waals surface area contributed by atoms with E-state index < -0.39 is 10.8 Å². The Kier molecular flexibility index (Phi) is 4.85. The number of carbonyl (C=O) groups is 1. The minimum absolute atomic E-state index is 0.205. The first-order valence-electron chi connectivity index (χ1n) is 7.56. The van der Waals surface area contributed by atoms with Gasteiger partial charge < -0.3 is 10.6 Å². The number of aromatic nitrogens is 2. The van der Waals surface area contributed by atoms with E-state index in [9.17, 15) is 14.9 Å². The number of nitro groups is 1. The minimum Gasteiger partial charge on any atom is -0.355 e. The number of carbonyl (C=O) groups excluding carboxylic acids is 1. The van der Waals surface area contributed by atoms with Crippen molar-refractivity contribution in [3.05, 3.63) is 75.6 Å². The average molecular weight is 372 g/mol. The molecule has 8 nitrogen and oxygen atoms in total. The maximum atomic E-state index is 11.7. The summed E-state index contributed by atoms with van der Waals surface area (Å²) in [6.07, 6.45) is 3.19. The molecule has 3 rings (SSSR count). The Balaban J connectivity index is 1.91. The molecular weight excluding hydrogens is 358 g/mol. The predicted molar refractivity (Wildman–Crippen MR) is 98.3 cm³/mol. The first-order chi connectivity index (χ1) is 12.5. The quantitative estimate of drug-likeness (QED) is 0.527. The van der Waals surface area contributed by atoms with Gasteiger partial charge in [0.2, 0.25) is 0 Å². The molecule has 0 saturated carbocycles. The van der Waals surface area contributed by atoms with Crippen LogP contribution in [0.2, 0.25) is 5.02 Å². The van der Waals surface area contributed by atoms with Gasteiger partial charge in [0.05, 0.1) is 33.7 Å².